The average Bonchev–Trinajstić information content (AvgIpc) is 2.66. The monoisotopic (exact) mass is 376 g/mol. The Hall–Kier alpha value is -3.47. The molecule has 3 aromatic carbocycles. The van der Waals surface area contributed by atoms with Gasteiger partial charge in [-0.1, -0.05) is 42.5 Å². The number of fused-ring (bicyclic) bond motifs is 2. The lowest BCUT2D eigenvalue weighted by molar-refractivity contribution is 0.227. The number of phenols is 1. The van der Waals surface area contributed by atoms with Gasteiger partial charge >= 0.3 is 0 Å². The molecule has 0 aliphatic rings. The molecule has 0 amide bonds. The standard InChI is InChI=1S/C23H20O5/c1-13(2)27-20-12-19-21(22(25)23(20)26-3)17(24)11-18(28-19)16-10-6-8-14-7-4-5-9-15(14)16/h4-13,25H,1-3H3. The third kappa shape index (κ3) is 2.95. The van der Waals surface area contributed by atoms with Crippen molar-refractivity contribution in [1.82, 2.24) is 0 Å². The molecule has 0 unspecified atom stereocenters. The zero-order valence-electron chi connectivity index (χ0n) is 15.9. The van der Waals surface area contributed by atoms with Gasteiger partial charge in [0.25, 0.3) is 0 Å². The molecule has 4 rings (SSSR count). The van der Waals surface area contributed by atoms with Crippen LogP contribution in [0.5, 0.6) is 17.2 Å². The van der Waals surface area contributed by atoms with Crippen molar-refractivity contribution in [2.45, 2.75) is 20.0 Å². The van der Waals surface area contributed by atoms with Gasteiger partial charge in [0.05, 0.1) is 13.2 Å². The van der Waals surface area contributed by atoms with Crippen LogP contribution in [0.1, 0.15) is 13.8 Å². The molecule has 0 atom stereocenters. The van der Waals surface area contributed by atoms with Crippen molar-refractivity contribution in [3.63, 3.8) is 0 Å². The highest BCUT2D eigenvalue weighted by Crippen LogP contribution is 2.43. The summed E-state index contributed by atoms with van der Waals surface area (Å²) in [6.45, 7) is 3.73. The first-order chi connectivity index (χ1) is 13.5. The van der Waals surface area contributed by atoms with Crippen molar-refractivity contribution in [1.29, 1.82) is 0 Å². The fraction of sp³-hybridized carbons (Fsp3) is 0.174. The first kappa shape index (κ1) is 17.9. The van der Waals surface area contributed by atoms with Gasteiger partial charge in [-0.2, -0.15) is 0 Å². The topological polar surface area (TPSA) is 68.9 Å². The number of hydrogen-bond donors (Lipinski definition) is 1. The molecule has 0 aliphatic carbocycles. The molecular weight excluding hydrogens is 356 g/mol. The third-order valence-corrected chi connectivity index (χ3v) is 4.53. The Morgan fingerprint density at radius 1 is 1.04 bits per heavy atom. The van der Waals surface area contributed by atoms with Crippen LogP contribution in [0.3, 0.4) is 0 Å². The van der Waals surface area contributed by atoms with E-state index in [4.69, 9.17) is 13.9 Å². The number of benzene rings is 3. The second-order valence-corrected chi connectivity index (χ2v) is 6.80. The van der Waals surface area contributed by atoms with Gasteiger partial charge in [-0.05, 0) is 24.6 Å². The molecule has 1 heterocycles. The molecule has 0 saturated carbocycles. The SMILES string of the molecule is COc1c(OC(C)C)cc2oc(-c3cccc4ccccc34)cc(=O)c2c1O. The van der Waals surface area contributed by atoms with E-state index in [1.807, 2.05) is 56.3 Å². The quantitative estimate of drug-likeness (QED) is 0.536. The fourth-order valence-electron chi connectivity index (χ4n) is 3.37. The zero-order valence-corrected chi connectivity index (χ0v) is 15.9. The molecule has 0 aliphatic heterocycles. The highest BCUT2D eigenvalue weighted by molar-refractivity contribution is 5.97. The van der Waals surface area contributed by atoms with E-state index in [2.05, 4.69) is 0 Å². The minimum Gasteiger partial charge on any atom is -0.504 e. The Morgan fingerprint density at radius 3 is 2.54 bits per heavy atom. The number of ether oxygens (including phenoxy) is 2. The Kier molecular flexibility index (Phi) is 4.43. The normalized spacial score (nSPS) is 11.3. The summed E-state index contributed by atoms with van der Waals surface area (Å²) in [4.78, 5) is 12.8. The van der Waals surface area contributed by atoms with E-state index >= 15 is 0 Å². The van der Waals surface area contributed by atoms with Crippen LogP contribution >= 0.6 is 0 Å². The lowest BCUT2D eigenvalue weighted by atomic mass is 10.0. The number of rotatable bonds is 4. The number of phenolic OH excluding ortho intramolecular Hbond substituents is 1. The van der Waals surface area contributed by atoms with Crippen molar-refractivity contribution in [3.05, 3.63) is 64.8 Å². The predicted octanol–water partition coefficient (Wildman–Crippen LogP) is 5.11. The number of methoxy groups -OCH3 is 1. The van der Waals surface area contributed by atoms with E-state index < -0.39 is 0 Å². The second kappa shape index (κ2) is 6.93. The Balaban J connectivity index is 2.01. The van der Waals surface area contributed by atoms with Gasteiger partial charge < -0.3 is 19.0 Å². The third-order valence-electron chi connectivity index (χ3n) is 4.53. The van der Waals surface area contributed by atoms with E-state index in [0.717, 1.165) is 16.3 Å². The summed E-state index contributed by atoms with van der Waals surface area (Å²) in [5, 5.41) is 12.7. The molecule has 1 aromatic heterocycles. The number of hydrogen-bond acceptors (Lipinski definition) is 5. The highest BCUT2D eigenvalue weighted by Gasteiger charge is 2.21. The summed E-state index contributed by atoms with van der Waals surface area (Å²) in [6, 6.07) is 16.7. The van der Waals surface area contributed by atoms with E-state index in [0.29, 0.717) is 11.5 Å². The van der Waals surface area contributed by atoms with Crippen molar-refractivity contribution >= 4 is 21.7 Å². The summed E-state index contributed by atoms with van der Waals surface area (Å²) in [5.74, 6) is 0.579. The summed E-state index contributed by atoms with van der Waals surface area (Å²) in [7, 11) is 1.42. The van der Waals surface area contributed by atoms with Crippen LogP contribution in [0.15, 0.2) is 63.8 Å². The first-order valence-corrected chi connectivity index (χ1v) is 9.02. The minimum atomic E-state index is -0.351. The molecule has 28 heavy (non-hydrogen) atoms. The minimum absolute atomic E-state index is 0.0666. The summed E-state index contributed by atoms with van der Waals surface area (Å²) in [5.41, 5.74) is 0.694. The summed E-state index contributed by atoms with van der Waals surface area (Å²) >= 11 is 0. The maximum Gasteiger partial charge on any atom is 0.204 e. The predicted molar refractivity (Wildman–Crippen MR) is 109 cm³/mol. The van der Waals surface area contributed by atoms with Crippen LogP contribution < -0.4 is 14.9 Å². The van der Waals surface area contributed by atoms with Crippen LogP contribution in [-0.2, 0) is 0 Å². The number of aromatic hydroxyl groups is 1. The van der Waals surface area contributed by atoms with Crippen molar-refractivity contribution in [3.8, 4) is 28.6 Å². The Morgan fingerprint density at radius 2 is 1.79 bits per heavy atom. The molecule has 0 fully saturated rings. The molecule has 0 bridgehead atoms. The largest absolute Gasteiger partial charge is 0.504 e. The van der Waals surface area contributed by atoms with Crippen molar-refractivity contribution < 1.29 is 19.0 Å². The second-order valence-electron chi connectivity index (χ2n) is 6.80. The van der Waals surface area contributed by atoms with Gasteiger partial charge in [0.15, 0.2) is 16.9 Å². The molecular formula is C23H20O5. The lowest BCUT2D eigenvalue weighted by Crippen LogP contribution is -2.08. The molecule has 5 heteroatoms. The van der Waals surface area contributed by atoms with Crippen LogP contribution in [0.4, 0.5) is 0 Å². The zero-order chi connectivity index (χ0) is 19.8. The molecule has 0 saturated heterocycles. The van der Waals surface area contributed by atoms with Crippen LogP contribution in [0.25, 0.3) is 33.1 Å². The van der Waals surface area contributed by atoms with Crippen LogP contribution in [0, 0.1) is 0 Å². The van der Waals surface area contributed by atoms with Crippen LogP contribution in [0.2, 0.25) is 0 Å². The van der Waals surface area contributed by atoms with E-state index in [-0.39, 0.29) is 34.0 Å². The van der Waals surface area contributed by atoms with E-state index in [9.17, 15) is 9.90 Å². The van der Waals surface area contributed by atoms with Crippen molar-refractivity contribution in [2.75, 3.05) is 7.11 Å². The lowest BCUT2D eigenvalue weighted by Gasteiger charge is -2.16. The fourth-order valence-corrected chi connectivity index (χ4v) is 3.37. The van der Waals surface area contributed by atoms with Gasteiger partial charge in [-0.25, -0.2) is 0 Å². The molecule has 0 radical (unpaired) electrons. The summed E-state index contributed by atoms with van der Waals surface area (Å²) in [6.07, 6.45) is -0.140. The van der Waals surface area contributed by atoms with Crippen molar-refractivity contribution in [2.24, 2.45) is 0 Å². The smallest absolute Gasteiger partial charge is 0.204 e. The maximum absolute atomic E-state index is 12.8. The molecule has 1 N–H and O–H groups in total. The van der Waals surface area contributed by atoms with E-state index in [1.165, 1.54) is 13.2 Å². The van der Waals surface area contributed by atoms with Gasteiger partial charge in [0.2, 0.25) is 5.75 Å². The first-order valence-electron chi connectivity index (χ1n) is 9.02. The van der Waals surface area contributed by atoms with E-state index in [1.54, 1.807) is 6.07 Å². The molecule has 142 valence electrons. The van der Waals surface area contributed by atoms with Gasteiger partial charge in [0, 0.05) is 17.7 Å². The molecule has 0 spiro atoms. The summed E-state index contributed by atoms with van der Waals surface area (Å²) < 4.78 is 17.0. The van der Waals surface area contributed by atoms with Crippen LogP contribution in [-0.4, -0.2) is 18.3 Å². The molecule has 4 aromatic rings. The van der Waals surface area contributed by atoms with Gasteiger partial charge in [-0.3, -0.25) is 4.79 Å². The van der Waals surface area contributed by atoms with Gasteiger partial charge in [0.1, 0.15) is 16.7 Å². The van der Waals surface area contributed by atoms with Gasteiger partial charge in [-0.15, -0.1) is 0 Å². The maximum atomic E-state index is 12.8. The molecule has 5 nitrogen and oxygen atoms in total. The Bertz CT molecular complexity index is 1230. The highest BCUT2D eigenvalue weighted by atomic mass is 16.5. The Labute approximate surface area is 161 Å². The average molecular weight is 376 g/mol.